The summed E-state index contributed by atoms with van der Waals surface area (Å²) in [5.41, 5.74) is 0.880. The van der Waals surface area contributed by atoms with Gasteiger partial charge in [0, 0.05) is 0 Å². The first-order valence-corrected chi connectivity index (χ1v) is 5.52. The van der Waals surface area contributed by atoms with Gasteiger partial charge in [-0.15, -0.1) is 0 Å². The molecule has 0 aliphatic heterocycles. The summed E-state index contributed by atoms with van der Waals surface area (Å²) in [5, 5.41) is 17.3. The molecule has 0 bridgehead atoms. The third-order valence-electron chi connectivity index (χ3n) is 2.40. The van der Waals surface area contributed by atoms with Gasteiger partial charge in [0.05, 0.1) is 18.7 Å². The number of rotatable bonds is 4. The highest BCUT2D eigenvalue weighted by Gasteiger charge is 2.04. The van der Waals surface area contributed by atoms with Crippen molar-refractivity contribution in [2.24, 2.45) is 0 Å². The lowest BCUT2D eigenvalue weighted by Gasteiger charge is -2.05. The molecule has 1 N–H and O–H groups in total. The van der Waals surface area contributed by atoms with Gasteiger partial charge in [-0.3, -0.25) is 0 Å². The predicted molar refractivity (Wildman–Crippen MR) is 67.0 cm³/mol. The van der Waals surface area contributed by atoms with E-state index in [0.29, 0.717) is 17.9 Å². The van der Waals surface area contributed by atoms with Crippen LogP contribution in [0.4, 0.5) is 0 Å². The topological polar surface area (TPSA) is 83.2 Å². The van der Waals surface area contributed by atoms with E-state index in [-0.39, 0.29) is 5.69 Å². The van der Waals surface area contributed by atoms with Crippen molar-refractivity contribution in [2.45, 2.75) is 6.42 Å². The third-order valence-corrected chi connectivity index (χ3v) is 2.40. The predicted octanol–water partition coefficient (Wildman–Crippen LogP) is 2.64. The highest BCUT2D eigenvalue weighted by atomic mass is 16.5. The van der Waals surface area contributed by atoms with Gasteiger partial charge < -0.3 is 9.84 Å². The number of hydrogen-bond donors (Lipinski definition) is 1. The van der Waals surface area contributed by atoms with Crippen LogP contribution in [0.2, 0.25) is 0 Å². The van der Waals surface area contributed by atoms with Crippen molar-refractivity contribution in [1.29, 1.82) is 5.26 Å². The van der Waals surface area contributed by atoms with Crippen LogP contribution in [-0.2, 0) is 6.42 Å². The summed E-state index contributed by atoms with van der Waals surface area (Å²) in [7, 11) is 0. The van der Waals surface area contributed by atoms with Crippen LogP contribution in [0, 0.1) is 11.3 Å². The number of carboxylic acid groups (broad SMARTS) is 1. The van der Waals surface area contributed by atoms with Crippen molar-refractivity contribution in [2.75, 3.05) is 0 Å². The van der Waals surface area contributed by atoms with E-state index in [9.17, 15) is 4.79 Å². The summed E-state index contributed by atoms with van der Waals surface area (Å²) >= 11 is 0. The summed E-state index contributed by atoms with van der Waals surface area (Å²) in [6, 6.07) is 12.1. The number of aromatic carboxylic acids is 1. The Balaban J connectivity index is 2.08. The molecular weight excluding hydrogens is 244 g/mol. The quantitative estimate of drug-likeness (QED) is 0.906. The maximum absolute atomic E-state index is 10.6. The van der Waals surface area contributed by atoms with E-state index >= 15 is 0 Å². The molecule has 1 aromatic heterocycles. The van der Waals surface area contributed by atoms with E-state index < -0.39 is 5.97 Å². The molecule has 19 heavy (non-hydrogen) atoms. The summed E-state index contributed by atoms with van der Waals surface area (Å²) in [4.78, 5) is 14.4. The van der Waals surface area contributed by atoms with E-state index in [4.69, 9.17) is 15.1 Å². The van der Waals surface area contributed by atoms with Gasteiger partial charge in [0.25, 0.3) is 0 Å². The molecule has 2 aromatic rings. The van der Waals surface area contributed by atoms with Crippen LogP contribution in [0.3, 0.4) is 0 Å². The Kier molecular flexibility index (Phi) is 3.74. The number of carboxylic acids is 1. The maximum Gasteiger partial charge on any atom is 0.354 e. The Morgan fingerprint density at radius 3 is 2.42 bits per heavy atom. The highest BCUT2D eigenvalue weighted by molar-refractivity contribution is 5.85. The Morgan fingerprint density at radius 2 is 1.89 bits per heavy atom. The van der Waals surface area contributed by atoms with Gasteiger partial charge in [-0.1, -0.05) is 12.1 Å². The maximum atomic E-state index is 10.6. The lowest BCUT2D eigenvalue weighted by atomic mass is 10.2. The van der Waals surface area contributed by atoms with Crippen molar-refractivity contribution in [3.63, 3.8) is 0 Å². The van der Waals surface area contributed by atoms with Gasteiger partial charge in [-0.2, -0.15) is 5.26 Å². The van der Waals surface area contributed by atoms with Crippen LogP contribution >= 0.6 is 0 Å². The van der Waals surface area contributed by atoms with E-state index in [1.165, 1.54) is 12.3 Å². The second-order valence-corrected chi connectivity index (χ2v) is 3.77. The van der Waals surface area contributed by atoms with Gasteiger partial charge in [-0.25, -0.2) is 9.78 Å². The lowest BCUT2D eigenvalue weighted by molar-refractivity contribution is 0.0690. The zero-order chi connectivity index (χ0) is 13.7. The Hall–Kier alpha value is -2.87. The second kappa shape index (κ2) is 5.65. The molecule has 0 radical (unpaired) electrons. The van der Waals surface area contributed by atoms with Crippen molar-refractivity contribution < 1.29 is 14.6 Å². The molecule has 0 fully saturated rings. The molecule has 0 amide bonds. The number of benzene rings is 1. The first-order chi connectivity index (χ1) is 9.19. The number of nitriles is 1. The molecule has 0 aliphatic rings. The molecule has 0 saturated heterocycles. The molecule has 1 heterocycles. The minimum atomic E-state index is -1.08. The molecule has 0 unspecified atom stereocenters. The Bertz CT molecular complexity index is 613. The monoisotopic (exact) mass is 254 g/mol. The lowest BCUT2D eigenvalue weighted by Crippen LogP contribution is -1.99. The number of pyridine rings is 1. The molecule has 0 aliphatic carbocycles. The van der Waals surface area contributed by atoms with Crippen molar-refractivity contribution in [1.82, 2.24) is 4.98 Å². The Morgan fingerprint density at radius 1 is 1.21 bits per heavy atom. The molecule has 5 heteroatoms. The molecule has 1 aromatic carbocycles. The Labute approximate surface area is 109 Å². The minimum Gasteiger partial charge on any atom is -0.477 e. The molecule has 0 spiro atoms. The smallest absolute Gasteiger partial charge is 0.354 e. The molecular formula is C14H10N2O3. The molecule has 0 atom stereocenters. The number of hydrogen-bond acceptors (Lipinski definition) is 4. The summed E-state index contributed by atoms with van der Waals surface area (Å²) in [5.74, 6) is -0.0167. The van der Waals surface area contributed by atoms with Crippen LogP contribution in [0.5, 0.6) is 11.5 Å². The number of carbonyl (C=O) groups is 1. The van der Waals surface area contributed by atoms with Crippen molar-refractivity contribution in [3.05, 3.63) is 53.9 Å². The second-order valence-electron chi connectivity index (χ2n) is 3.77. The fourth-order valence-corrected chi connectivity index (χ4v) is 1.47. The van der Waals surface area contributed by atoms with E-state index in [1.807, 2.05) is 0 Å². The van der Waals surface area contributed by atoms with Crippen LogP contribution in [0.25, 0.3) is 0 Å². The minimum absolute atomic E-state index is 0.0308. The normalized spacial score (nSPS) is 9.63. The van der Waals surface area contributed by atoms with Gasteiger partial charge in [-0.05, 0) is 29.8 Å². The van der Waals surface area contributed by atoms with Gasteiger partial charge in [0.1, 0.15) is 17.2 Å². The summed E-state index contributed by atoms with van der Waals surface area (Å²) < 4.78 is 5.51. The van der Waals surface area contributed by atoms with E-state index in [1.54, 1.807) is 30.3 Å². The molecule has 2 rings (SSSR count). The zero-order valence-corrected chi connectivity index (χ0v) is 9.91. The third kappa shape index (κ3) is 3.30. The van der Waals surface area contributed by atoms with Crippen molar-refractivity contribution >= 4 is 5.97 Å². The summed E-state index contributed by atoms with van der Waals surface area (Å²) in [6.45, 7) is 0. The average Bonchev–Trinajstić information content (AvgIpc) is 2.42. The number of aromatic nitrogens is 1. The van der Waals surface area contributed by atoms with Crippen LogP contribution < -0.4 is 4.74 Å². The average molecular weight is 254 g/mol. The first-order valence-electron chi connectivity index (χ1n) is 5.52. The van der Waals surface area contributed by atoms with Crippen LogP contribution in [0.15, 0.2) is 42.6 Å². The zero-order valence-electron chi connectivity index (χ0n) is 9.91. The molecule has 94 valence electrons. The SMILES string of the molecule is N#CCc1ccc(Oc2ccc(C(=O)O)nc2)cc1. The molecule has 5 nitrogen and oxygen atoms in total. The van der Waals surface area contributed by atoms with E-state index in [0.717, 1.165) is 5.56 Å². The number of ether oxygens (including phenoxy) is 1. The van der Waals surface area contributed by atoms with Gasteiger partial charge >= 0.3 is 5.97 Å². The first kappa shape index (κ1) is 12.6. The van der Waals surface area contributed by atoms with Gasteiger partial charge in [0.2, 0.25) is 0 Å². The fraction of sp³-hybridized carbons (Fsp3) is 0.0714. The number of nitrogens with zero attached hydrogens (tertiary/aromatic N) is 2. The highest BCUT2D eigenvalue weighted by Crippen LogP contribution is 2.21. The van der Waals surface area contributed by atoms with Crippen LogP contribution in [0.1, 0.15) is 16.1 Å². The van der Waals surface area contributed by atoms with Gasteiger partial charge in [0.15, 0.2) is 0 Å². The standard InChI is InChI=1S/C14H10N2O3/c15-8-7-10-1-3-11(4-2-10)19-12-5-6-13(14(17)18)16-9-12/h1-6,9H,7H2,(H,17,18). The van der Waals surface area contributed by atoms with E-state index in [2.05, 4.69) is 11.1 Å². The van der Waals surface area contributed by atoms with Crippen molar-refractivity contribution in [3.8, 4) is 17.6 Å². The summed E-state index contributed by atoms with van der Waals surface area (Å²) in [6.07, 6.45) is 1.71. The fourth-order valence-electron chi connectivity index (χ4n) is 1.47. The largest absolute Gasteiger partial charge is 0.477 e. The molecule has 0 saturated carbocycles. The van der Waals surface area contributed by atoms with Crippen LogP contribution in [-0.4, -0.2) is 16.1 Å².